The molecule has 0 aliphatic rings. The quantitative estimate of drug-likeness (QED) is 0.784. The van der Waals surface area contributed by atoms with E-state index >= 15 is 0 Å². The lowest BCUT2D eigenvalue weighted by molar-refractivity contribution is -0.0190. The summed E-state index contributed by atoms with van der Waals surface area (Å²) in [5.41, 5.74) is 5.61. The Bertz CT molecular complexity index is 295. The van der Waals surface area contributed by atoms with E-state index in [4.69, 9.17) is 10.8 Å². The molecule has 0 saturated heterocycles. The molecule has 1 aromatic rings. The third-order valence-corrected chi connectivity index (χ3v) is 2.04. The van der Waals surface area contributed by atoms with Crippen molar-refractivity contribution in [2.45, 2.75) is 25.3 Å². The fourth-order valence-corrected chi connectivity index (χ4v) is 1.05. The molecule has 78 valence electrons. The molecule has 0 spiro atoms. The Balaban J connectivity index is 2.74. The van der Waals surface area contributed by atoms with E-state index < -0.39 is 18.4 Å². The lowest BCUT2D eigenvalue weighted by atomic mass is 10.0. The average molecular weight is 201 g/mol. The Morgan fingerprint density at radius 3 is 2.29 bits per heavy atom. The molecule has 0 aliphatic carbocycles. The highest BCUT2D eigenvalue weighted by atomic mass is 19.3. The van der Waals surface area contributed by atoms with Crippen LogP contribution in [-0.4, -0.2) is 17.1 Å². The Morgan fingerprint density at radius 2 is 1.86 bits per heavy atom. The summed E-state index contributed by atoms with van der Waals surface area (Å²) in [5, 5.41) is 8.95. The molecule has 4 heteroatoms. The maximum Gasteiger partial charge on any atom is 0.266 e. The maximum absolute atomic E-state index is 13.1. The van der Waals surface area contributed by atoms with Gasteiger partial charge in [0.15, 0.2) is 0 Å². The molecule has 0 aliphatic heterocycles. The summed E-state index contributed by atoms with van der Waals surface area (Å²) in [6, 6.07) is 4.52. The largest absolute Gasteiger partial charge is 0.508 e. The molecule has 3 N–H and O–H groups in total. The first-order chi connectivity index (χ1) is 6.42. The number of alkyl halides is 2. The van der Waals surface area contributed by atoms with Crippen LogP contribution in [-0.2, 0) is 6.42 Å². The van der Waals surface area contributed by atoms with Crippen molar-refractivity contribution in [3.8, 4) is 5.75 Å². The molecule has 14 heavy (non-hydrogen) atoms. The summed E-state index contributed by atoms with van der Waals surface area (Å²) in [7, 11) is 0. The van der Waals surface area contributed by atoms with Crippen molar-refractivity contribution in [3.05, 3.63) is 29.8 Å². The van der Waals surface area contributed by atoms with Crippen LogP contribution in [0.2, 0.25) is 0 Å². The van der Waals surface area contributed by atoms with Crippen molar-refractivity contribution in [1.29, 1.82) is 0 Å². The molecule has 2 nitrogen and oxygen atoms in total. The summed E-state index contributed by atoms with van der Waals surface area (Å²) < 4.78 is 26.3. The highest BCUT2D eigenvalue weighted by molar-refractivity contribution is 5.26. The van der Waals surface area contributed by atoms with Crippen molar-refractivity contribution < 1.29 is 13.9 Å². The van der Waals surface area contributed by atoms with Gasteiger partial charge in [0.1, 0.15) is 5.75 Å². The second-order valence-corrected chi connectivity index (χ2v) is 3.39. The molecular formula is C10H13F2NO. The molecular weight excluding hydrogens is 188 g/mol. The summed E-state index contributed by atoms with van der Waals surface area (Å²) in [6.45, 7) is 1.28. The molecule has 0 heterocycles. The number of hydrogen-bond acceptors (Lipinski definition) is 2. The van der Waals surface area contributed by atoms with Gasteiger partial charge in [-0.2, -0.15) is 0 Å². The van der Waals surface area contributed by atoms with Gasteiger partial charge < -0.3 is 10.8 Å². The molecule has 0 amide bonds. The van der Waals surface area contributed by atoms with Gasteiger partial charge in [0, 0.05) is 6.42 Å². The molecule has 0 saturated carbocycles. The first kappa shape index (κ1) is 10.9. The van der Waals surface area contributed by atoms with Gasteiger partial charge in [-0.15, -0.1) is 0 Å². The number of benzene rings is 1. The van der Waals surface area contributed by atoms with Crippen LogP contribution < -0.4 is 5.73 Å². The van der Waals surface area contributed by atoms with Gasteiger partial charge in [0.2, 0.25) is 0 Å². The van der Waals surface area contributed by atoms with Crippen LogP contribution in [0.25, 0.3) is 0 Å². The number of rotatable bonds is 3. The van der Waals surface area contributed by atoms with Gasteiger partial charge in [0.25, 0.3) is 5.92 Å². The minimum Gasteiger partial charge on any atom is -0.508 e. The first-order valence-electron chi connectivity index (χ1n) is 4.33. The van der Waals surface area contributed by atoms with Gasteiger partial charge in [-0.25, -0.2) is 8.78 Å². The zero-order chi connectivity index (χ0) is 10.8. The van der Waals surface area contributed by atoms with Crippen LogP contribution in [0.3, 0.4) is 0 Å². The Morgan fingerprint density at radius 1 is 1.36 bits per heavy atom. The fourth-order valence-electron chi connectivity index (χ4n) is 1.05. The number of aromatic hydroxyl groups is 1. The molecule has 0 fully saturated rings. The standard InChI is InChI=1S/C10H13F2NO/c1-7(13)10(11,12)6-8-2-4-9(14)5-3-8/h2-5,7,14H,6,13H2,1H3. The summed E-state index contributed by atoms with van der Waals surface area (Å²) >= 11 is 0. The van der Waals surface area contributed by atoms with E-state index in [2.05, 4.69) is 0 Å². The SMILES string of the molecule is CC(N)C(F)(F)Cc1ccc(O)cc1. The third kappa shape index (κ3) is 2.67. The van der Waals surface area contributed by atoms with Crippen LogP contribution >= 0.6 is 0 Å². The molecule has 1 atom stereocenters. The Kier molecular flexibility index (Phi) is 3.06. The highest BCUT2D eigenvalue weighted by Crippen LogP contribution is 2.23. The summed E-state index contributed by atoms with van der Waals surface area (Å²) in [4.78, 5) is 0. The Labute approximate surface area is 81.4 Å². The van der Waals surface area contributed by atoms with Gasteiger partial charge in [-0.05, 0) is 24.6 Å². The molecule has 0 bridgehead atoms. The second-order valence-electron chi connectivity index (χ2n) is 3.39. The monoisotopic (exact) mass is 201 g/mol. The minimum atomic E-state index is -2.91. The molecule has 0 aromatic heterocycles. The van der Waals surface area contributed by atoms with Crippen molar-refractivity contribution in [3.63, 3.8) is 0 Å². The van der Waals surface area contributed by atoms with Gasteiger partial charge in [-0.3, -0.25) is 0 Å². The van der Waals surface area contributed by atoms with E-state index in [0.717, 1.165) is 0 Å². The topological polar surface area (TPSA) is 46.2 Å². The van der Waals surface area contributed by atoms with Gasteiger partial charge in [0.05, 0.1) is 6.04 Å². The van der Waals surface area contributed by atoms with E-state index in [-0.39, 0.29) is 5.75 Å². The van der Waals surface area contributed by atoms with E-state index in [1.165, 1.54) is 31.2 Å². The van der Waals surface area contributed by atoms with Crippen molar-refractivity contribution in [1.82, 2.24) is 0 Å². The zero-order valence-corrected chi connectivity index (χ0v) is 7.87. The maximum atomic E-state index is 13.1. The summed E-state index contributed by atoms with van der Waals surface area (Å²) in [6.07, 6.45) is -0.398. The smallest absolute Gasteiger partial charge is 0.266 e. The van der Waals surface area contributed by atoms with Crippen molar-refractivity contribution in [2.24, 2.45) is 5.73 Å². The predicted molar refractivity (Wildman–Crippen MR) is 50.4 cm³/mol. The van der Waals surface area contributed by atoms with Crippen LogP contribution in [0, 0.1) is 0 Å². The highest BCUT2D eigenvalue weighted by Gasteiger charge is 2.33. The fraction of sp³-hybridized carbons (Fsp3) is 0.400. The minimum absolute atomic E-state index is 0.0675. The lowest BCUT2D eigenvalue weighted by Crippen LogP contribution is -2.39. The number of nitrogens with two attached hydrogens (primary N) is 1. The molecule has 1 unspecified atom stereocenters. The normalized spacial score (nSPS) is 14.0. The number of phenolic OH excluding ortho intramolecular Hbond substituents is 1. The number of phenols is 1. The van der Waals surface area contributed by atoms with E-state index in [0.29, 0.717) is 5.56 Å². The van der Waals surface area contributed by atoms with E-state index in [9.17, 15) is 8.78 Å². The zero-order valence-electron chi connectivity index (χ0n) is 7.87. The molecule has 1 aromatic carbocycles. The predicted octanol–water partition coefficient (Wildman–Crippen LogP) is 1.92. The van der Waals surface area contributed by atoms with Crippen LogP contribution in [0.15, 0.2) is 24.3 Å². The van der Waals surface area contributed by atoms with Crippen LogP contribution in [0.1, 0.15) is 12.5 Å². The van der Waals surface area contributed by atoms with E-state index in [1.807, 2.05) is 0 Å². The van der Waals surface area contributed by atoms with Gasteiger partial charge >= 0.3 is 0 Å². The lowest BCUT2D eigenvalue weighted by Gasteiger charge is -2.20. The molecule has 0 radical (unpaired) electrons. The number of halogens is 2. The Hall–Kier alpha value is -1.16. The van der Waals surface area contributed by atoms with Crippen LogP contribution in [0.5, 0.6) is 5.75 Å². The molecule has 1 rings (SSSR count). The van der Waals surface area contributed by atoms with E-state index in [1.54, 1.807) is 0 Å². The summed E-state index contributed by atoms with van der Waals surface area (Å²) in [5.74, 6) is -2.84. The first-order valence-corrected chi connectivity index (χ1v) is 4.33. The second kappa shape index (κ2) is 3.92. The van der Waals surface area contributed by atoms with Crippen molar-refractivity contribution in [2.75, 3.05) is 0 Å². The van der Waals surface area contributed by atoms with Crippen LogP contribution in [0.4, 0.5) is 8.78 Å². The van der Waals surface area contributed by atoms with Crippen molar-refractivity contribution >= 4 is 0 Å². The average Bonchev–Trinajstić information content (AvgIpc) is 2.08. The number of hydrogen-bond donors (Lipinski definition) is 2. The van der Waals surface area contributed by atoms with Gasteiger partial charge in [-0.1, -0.05) is 12.1 Å². The third-order valence-electron chi connectivity index (χ3n) is 2.04.